The lowest BCUT2D eigenvalue weighted by atomic mass is 10.4. The molecule has 0 heterocycles. The summed E-state index contributed by atoms with van der Waals surface area (Å²) in [7, 11) is 0. The van der Waals surface area contributed by atoms with Crippen LogP contribution in [0.5, 0.6) is 0 Å². The predicted octanol–water partition coefficient (Wildman–Crippen LogP) is 1.50. The van der Waals surface area contributed by atoms with E-state index in [1.807, 2.05) is 50.2 Å². The van der Waals surface area contributed by atoms with Gasteiger partial charge < -0.3 is 10.6 Å². The topological polar surface area (TPSA) is 46.3 Å². The molecule has 0 bridgehead atoms. The minimum atomic E-state index is 0.0278. The van der Waals surface area contributed by atoms with Crippen LogP contribution in [0.3, 0.4) is 0 Å². The van der Waals surface area contributed by atoms with Crippen LogP contribution in [-0.4, -0.2) is 30.4 Å². The summed E-state index contributed by atoms with van der Waals surface area (Å²) in [6.07, 6.45) is 0. The number of hydrogen-bond donors (Lipinski definition) is 1. The van der Waals surface area contributed by atoms with Crippen LogP contribution < -0.4 is 5.73 Å². The van der Waals surface area contributed by atoms with Gasteiger partial charge in [0.25, 0.3) is 0 Å². The van der Waals surface area contributed by atoms with Gasteiger partial charge in [0.1, 0.15) is 0 Å². The summed E-state index contributed by atoms with van der Waals surface area (Å²) in [6, 6.07) is 12.0. The molecule has 0 fully saturated rings. The van der Waals surface area contributed by atoms with E-state index in [1.54, 1.807) is 4.90 Å². The molecule has 0 saturated carbocycles. The highest BCUT2D eigenvalue weighted by Crippen LogP contribution is 1.85. The van der Waals surface area contributed by atoms with E-state index < -0.39 is 0 Å². The lowest BCUT2D eigenvalue weighted by Crippen LogP contribution is -2.35. The molecule has 15 heavy (non-hydrogen) atoms. The number of rotatable bonds is 3. The van der Waals surface area contributed by atoms with Crippen molar-refractivity contribution in [2.75, 3.05) is 19.6 Å². The molecule has 2 N–H and O–H groups in total. The maximum absolute atomic E-state index is 10.8. The van der Waals surface area contributed by atoms with Crippen molar-refractivity contribution >= 4 is 5.91 Å². The van der Waals surface area contributed by atoms with Gasteiger partial charge in [0.05, 0.1) is 6.54 Å². The van der Waals surface area contributed by atoms with Crippen molar-refractivity contribution < 1.29 is 4.79 Å². The Hall–Kier alpha value is -1.35. The molecule has 0 radical (unpaired) electrons. The Kier molecular flexibility index (Phi) is 8.39. The van der Waals surface area contributed by atoms with Gasteiger partial charge in [-0.2, -0.15) is 0 Å². The molecule has 1 rings (SSSR count). The molecule has 3 nitrogen and oxygen atoms in total. The number of amides is 1. The number of hydrogen-bond acceptors (Lipinski definition) is 2. The molecule has 0 unspecified atom stereocenters. The van der Waals surface area contributed by atoms with Crippen molar-refractivity contribution in [1.29, 1.82) is 0 Å². The number of likely N-dealkylation sites (N-methyl/N-ethyl adjacent to an activating group) is 1. The molecule has 0 saturated heterocycles. The first-order valence-electron chi connectivity index (χ1n) is 5.24. The van der Waals surface area contributed by atoms with Gasteiger partial charge >= 0.3 is 0 Å². The molecular weight excluding hydrogens is 188 g/mol. The van der Waals surface area contributed by atoms with Crippen LogP contribution in [0.4, 0.5) is 0 Å². The van der Waals surface area contributed by atoms with Gasteiger partial charge in [-0.15, -0.1) is 0 Å². The van der Waals surface area contributed by atoms with Crippen LogP contribution in [0, 0.1) is 0 Å². The van der Waals surface area contributed by atoms with Crippen molar-refractivity contribution in [1.82, 2.24) is 4.90 Å². The van der Waals surface area contributed by atoms with E-state index in [0.29, 0.717) is 0 Å². The molecule has 1 amide bonds. The third kappa shape index (κ3) is 6.69. The van der Waals surface area contributed by atoms with Crippen molar-refractivity contribution in [3.63, 3.8) is 0 Å². The normalized spacial score (nSPS) is 8.73. The van der Waals surface area contributed by atoms with Crippen molar-refractivity contribution in [3.8, 4) is 0 Å². The molecule has 0 atom stereocenters. The van der Waals surface area contributed by atoms with E-state index in [9.17, 15) is 4.79 Å². The highest BCUT2D eigenvalue weighted by molar-refractivity contribution is 5.77. The Morgan fingerprint density at radius 2 is 1.33 bits per heavy atom. The lowest BCUT2D eigenvalue weighted by Gasteiger charge is -2.16. The van der Waals surface area contributed by atoms with Gasteiger partial charge in [-0.1, -0.05) is 36.4 Å². The summed E-state index contributed by atoms with van der Waals surface area (Å²) in [5.41, 5.74) is 5.13. The Labute approximate surface area is 91.9 Å². The first kappa shape index (κ1) is 13.7. The molecule has 0 aliphatic carbocycles. The predicted molar refractivity (Wildman–Crippen MR) is 63.4 cm³/mol. The minimum absolute atomic E-state index is 0.0278. The van der Waals surface area contributed by atoms with Crippen LogP contribution in [0.2, 0.25) is 0 Å². The van der Waals surface area contributed by atoms with Crippen molar-refractivity contribution in [3.05, 3.63) is 36.4 Å². The molecule has 1 aromatic carbocycles. The lowest BCUT2D eigenvalue weighted by molar-refractivity contribution is -0.129. The van der Waals surface area contributed by atoms with Gasteiger partial charge in [0.2, 0.25) is 5.91 Å². The summed E-state index contributed by atoms with van der Waals surface area (Å²) >= 11 is 0. The second-order valence-electron chi connectivity index (χ2n) is 2.92. The molecule has 3 heteroatoms. The maximum Gasteiger partial charge on any atom is 0.236 e. The van der Waals surface area contributed by atoms with Crippen LogP contribution in [0.15, 0.2) is 36.4 Å². The van der Waals surface area contributed by atoms with E-state index >= 15 is 0 Å². The Morgan fingerprint density at radius 1 is 1.00 bits per heavy atom. The fourth-order valence-electron chi connectivity index (χ4n) is 1.09. The number of carbonyl (C=O) groups excluding carboxylic acids is 1. The van der Waals surface area contributed by atoms with E-state index in [0.717, 1.165) is 13.1 Å². The maximum atomic E-state index is 10.8. The summed E-state index contributed by atoms with van der Waals surface area (Å²) < 4.78 is 0. The summed E-state index contributed by atoms with van der Waals surface area (Å²) in [6.45, 7) is 5.52. The fourth-order valence-corrected chi connectivity index (χ4v) is 1.09. The van der Waals surface area contributed by atoms with Crippen molar-refractivity contribution in [2.45, 2.75) is 13.8 Å². The molecular formula is C12H20N2O. The molecule has 0 aliphatic heterocycles. The molecule has 0 spiro atoms. The van der Waals surface area contributed by atoms with Gasteiger partial charge in [-0.25, -0.2) is 0 Å². The largest absolute Gasteiger partial charge is 0.342 e. The van der Waals surface area contributed by atoms with Crippen LogP contribution in [0.1, 0.15) is 13.8 Å². The van der Waals surface area contributed by atoms with Crippen LogP contribution in [-0.2, 0) is 4.79 Å². The van der Waals surface area contributed by atoms with E-state index in [-0.39, 0.29) is 12.5 Å². The Balaban J connectivity index is 0.000000280. The molecule has 0 aliphatic rings. The number of nitrogens with two attached hydrogens (primary N) is 1. The quantitative estimate of drug-likeness (QED) is 0.818. The number of carbonyl (C=O) groups is 1. The van der Waals surface area contributed by atoms with E-state index in [2.05, 4.69) is 0 Å². The third-order valence-electron chi connectivity index (χ3n) is 1.96. The second-order valence-corrected chi connectivity index (χ2v) is 2.92. The smallest absolute Gasteiger partial charge is 0.236 e. The first-order chi connectivity index (χ1) is 7.26. The van der Waals surface area contributed by atoms with Crippen molar-refractivity contribution in [2.24, 2.45) is 5.73 Å². The van der Waals surface area contributed by atoms with Crippen LogP contribution in [0.25, 0.3) is 0 Å². The zero-order valence-corrected chi connectivity index (χ0v) is 9.52. The number of nitrogens with zero attached hydrogens (tertiary/aromatic N) is 1. The molecule has 1 aromatic rings. The molecule has 84 valence electrons. The zero-order valence-electron chi connectivity index (χ0n) is 9.52. The summed E-state index contributed by atoms with van der Waals surface area (Å²) in [5, 5.41) is 0. The van der Waals surface area contributed by atoms with Gasteiger partial charge in [-0.05, 0) is 13.8 Å². The average Bonchev–Trinajstić information content (AvgIpc) is 2.33. The van der Waals surface area contributed by atoms with Gasteiger partial charge in [-0.3, -0.25) is 4.79 Å². The second kappa shape index (κ2) is 9.21. The number of benzene rings is 1. The summed E-state index contributed by atoms with van der Waals surface area (Å²) in [5.74, 6) is 0.0278. The SMILES string of the molecule is CCN(CC)C(=O)CN.c1ccccc1. The minimum Gasteiger partial charge on any atom is -0.342 e. The van der Waals surface area contributed by atoms with E-state index in [1.165, 1.54) is 0 Å². The van der Waals surface area contributed by atoms with Crippen LogP contribution >= 0.6 is 0 Å². The highest BCUT2D eigenvalue weighted by atomic mass is 16.2. The standard InChI is InChI=1S/C6H14N2O.C6H6/c1-3-8(4-2)6(9)5-7;1-2-4-6-5-3-1/h3-5,7H2,1-2H3;1-6H. The first-order valence-corrected chi connectivity index (χ1v) is 5.24. The third-order valence-corrected chi connectivity index (χ3v) is 1.96. The highest BCUT2D eigenvalue weighted by Gasteiger charge is 2.04. The van der Waals surface area contributed by atoms with E-state index in [4.69, 9.17) is 5.73 Å². The average molecular weight is 208 g/mol. The van der Waals surface area contributed by atoms with Gasteiger partial charge in [0, 0.05) is 13.1 Å². The zero-order chi connectivity index (χ0) is 11.5. The summed E-state index contributed by atoms with van der Waals surface area (Å²) in [4.78, 5) is 12.5. The van der Waals surface area contributed by atoms with Gasteiger partial charge in [0.15, 0.2) is 0 Å². The Bertz CT molecular complexity index is 218. The fraction of sp³-hybridized carbons (Fsp3) is 0.417. The Morgan fingerprint density at radius 3 is 1.47 bits per heavy atom. The monoisotopic (exact) mass is 208 g/mol. The molecule has 0 aromatic heterocycles.